The number of benzene rings is 1. The minimum absolute atomic E-state index is 0.174. The van der Waals surface area contributed by atoms with E-state index in [1.54, 1.807) is 42.7 Å². The molecule has 0 saturated carbocycles. The maximum Gasteiger partial charge on any atom is 0.253 e. The molecule has 2 N–H and O–H groups in total. The Morgan fingerprint density at radius 1 is 1.09 bits per heavy atom. The van der Waals surface area contributed by atoms with Gasteiger partial charge in [-0.05, 0) is 57.0 Å². The fourth-order valence-corrected chi connectivity index (χ4v) is 3.72. The highest BCUT2D eigenvalue weighted by atomic mass is 16.3. The number of fused-ring (bicyclic) bond motifs is 1. The van der Waals surface area contributed by atoms with E-state index in [1.165, 1.54) is 0 Å². The molecule has 0 unspecified atom stereocenters. The Morgan fingerprint density at radius 3 is 2.69 bits per heavy atom. The van der Waals surface area contributed by atoms with Crippen LogP contribution in [0.25, 0.3) is 5.65 Å². The lowest BCUT2D eigenvalue weighted by Gasteiger charge is -2.13. The van der Waals surface area contributed by atoms with Gasteiger partial charge in [-0.1, -0.05) is 12.1 Å². The van der Waals surface area contributed by atoms with Gasteiger partial charge in [0.05, 0.1) is 29.8 Å². The molecule has 0 aliphatic carbocycles. The van der Waals surface area contributed by atoms with Crippen LogP contribution in [-0.4, -0.2) is 26.4 Å². The second-order valence-corrected chi connectivity index (χ2v) is 7.67. The summed E-state index contributed by atoms with van der Waals surface area (Å²) in [5.74, 6) is 0.197. The normalized spacial score (nSPS) is 11.0. The zero-order valence-electron chi connectivity index (χ0n) is 18.3. The maximum atomic E-state index is 12.7. The largest absolute Gasteiger partial charge is 0.467 e. The van der Waals surface area contributed by atoms with Gasteiger partial charge in [0.1, 0.15) is 5.76 Å². The molecule has 32 heavy (non-hydrogen) atoms. The highest BCUT2D eigenvalue weighted by Crippen LogP contribution is 2.19. The molecule has 164 valence electrons. The highest BCUT2D eigenvalue weighted by molar-refractivity contribution is 6.03. The summed E-state index contributed by atoms with van der Waals surface area (Å²) in [6.07, 6.45) is 2.34. The van der Waals surface area contributed by atoms with E-state index >= 15 is 0 Å². The van der Waals surface area contributed by atoms with Crippen molar-refractivity contribution in [2.75, 3.05) is 5.32 Å². The maximum absolute atomic E-state index is 12.7. The van der Waals surface area contributed by atoms with Crippen LogP contribution in [0.1, 0.15) is 45.2 Å². The predicted molar refractivity (Wildman–Crippen MR) is 120 cm³/mol. The molecule has 3 aromatic heterocycles. The van der Waals surface area contributed by atoms with Crippen LogP contribution in [0.15, 0.2) is 53.1 Å². The first-order valence-corrected chi connectivity index (χ1v) is 10.4. The molecule has 0 atom stereocenters. The van der Waals surface area contributed by atoms with E-state index in [0.717, 1.165) is 28.3 Å². The van der Waals surface area contributed by atoms with Crippen molar-refractivity contribution in [2.24, 2.45) is 0 Å². The highest BCUT2D eigenvalue weighted by Gasteiger charge is 2.16. The summed E-state index contributed by atoms with van der Waals surface area (Å²) in [7, 11) is 0. The van der Waals surface area contributed by atoms with Crippen molar-refractivity contribution >= 4 is 23.1 Å². The molecular formula is C24H25N5O3. The van der Waals surface area contributed by atoms with Crippen LogP contribution in [-0.2, 0) is 17.8 Å². The van der Waals surface area contributed by atoms with Crippen LogP contribution >= 0.6 is 0 Å². The lowest BCUT2D eigenvalue weighted by molar-refractivity contribution is -0.116. The molecule has 8 heteroatoms. The number of hydrogen-bond donors (Lipinski definition) is 2. The molecule has 0 radical (unpaired) electrons. The number of anilines is 1. The molecule has 2 amide bonds. The second-order valence-electron chi connectivity index (χ2n) is 7.67. The number of carbonyl (C=O) groups excluding carboxylic acids is 2. The Hall–Kier alpha value is -3.94. The average Bonchev–Trinajstić information content (AvgIpc) is 3.41. The van der Waals surface area contributed by atoms with Crippen molar-refractivity contribution in [3.63, 3.8) is 0 Å². The Labute approximate surface area is 185 Å². The van der Waals surface area contributed by atoms with Crippen LogP contribution in [0.4, 0.5) is 5.69 Å². The monoisotopic (exact) mass is 431 g/mol. The quantitative estimate of drug-likeness (QED) is 0.464. The van der Waals surface area contributed by atoms with Gasteiger partial charge in [-0.25, -0.2) is 9.50 Å². The summed E-state index contributed by atoms with van der Waals surface area (Å²) in [4.78, 5) is 29.9. The number of nitrogens with zero attached hydrogens (tertiary/aromatic N) is 3. The molecular weight excluding hydrogens is 406 g/mol. The van der Waals surface area contributed by atoms with Crippen molar-refractivity contribution in [3.05, 3.63) is 82.7 Å². The van der Waals surface area contributed by atoms with Gasteiger partial charge in [0.15, 0.2) is 5.65 Å². The smallest absolute Gasteiger partial charge is 0.253 e. The van der Waals surface area contributed by atoms with Crippen molar-refractivity contribution < 1.29 is 14.0 Å². The Bertz CT molecular complexity index is 1270. The van der Waals surface area contributed by atoms with Crippen LogP contribution in [0.3, 0.4) is 0 Å². The van der Waals surface area contributed by atoms with Gasteiger partial charge in [-0.15, -0.1) is 0 Å². The molecule has 4 rings (SSSR count). The van der Waals surface area contributed by atoms with Gasteiger partial charge < -0.3 is 15.1 Å². The lowest BCUT2D eigenvalue weighted by atomic mass is 10.1. The summed E-state index contributed by atoms with van der Waals surface area (Å²) < 4.78 is 7.05. The van der Waals surface area contributed by atoms with Gasteiger partial charge in [0.25, 0.3) is 5.91 Å². The van der Waals surface area contributed by atoms with Gasteiger partial charge in [-0.3, -0.25) is 9.59 Å². The van der Waals surface area contributed by atoms with E-state index in [9.17, 15) is 9.59 Å². The van der Waals surface area contributed by atoms with E-state index in [0.29, 0.717) is 23.4 Å². The molecule has 0 bridgehead atoms. The summed E-state index contributed by atoms with van der Waals surface area (Å²) in [6, 6.07) is 12.4. The van der Waals surface area contributed by atoms with Crippen molar-refractivity contribution in [1.29, 1.82) is 0 Å². The van der Waals surface area contributed by atoms with E-state index < -0.39 is 0 Å². The first-order valence-electron chi connectivity index (χ1n) is 10.4. The Morgan fingerprint density at radius 2 is 1.91 bits per heavy atom. The molecule has 0 spiro atoms. The van der Waals surface area contributed by atoms with E-state index in [4.69, 9.17) is 4.42 Å². The Kier molecular flexibility index (Phi) is 6.02. The molecule has 0 saturated heterocycles. The zero-order chi connectivity index (χ0) is 22.7. The molecule has 8 nitrogen and oxygen atoms in total. The third-order valence-corrected chi connectivity index (χ3v) is 5.34. The minimum atomic E-state index is -0.285. The van der Waals surface area contributed by atoms with Crippen LogP contribution in [0.5, 0.6) is 0 Å². The fraction of sp³-hybridized carbons (Fsp3) is 0.250. The lowest BCUT2D eigenvalue weighted by Crippen LogP contribution is -2.24. The van der Waals surface area contributed by atoms with Crippen molar-refractivity contribution in [3.8, 4) is 0 Å². The average molecular weight is 431 g/mol. The van der Waals surface area contributed by atoms with Crippen LogP contribution < -0.4 is 10.6 Å². The van der Waals surface area contributed by atoms with Crippen molar-refractivity contribution in [2.45, 2.75) is 40.2 Å². The minimum Gasteiger partial charge on any atom is -0.467 e. The van der Waals surface area contributed by atoms with Crippen molar-refractivity contribution in [1.82, 2.24) is 19.9 Å². The molecule has 1 aromatic carbocycles. The number of rotatable bonds is 7. The van der Waals surface area contributed by atoms with E-state index in [-0.39, 0.29) is 24.8 Å². The first kappa shape index (κ1) is 21.3. The topological polar surface area (TPSA) is 102 Å². The van der Waals surface area contributed by atoms with Gasteiger partial charge >= 0.3 is 0 Å². The van der Waals surface area contributed by atoms with Gasteiger partial charge in [-0.2, -0.15) is 5.10 Å². The summed E-state index contributed by atoms with van der Waals surface area (Å²) >= 11 is 0. The van der Waals surface area contributed by atoms with E-state index in [1.807, 2.05) is 31.4 Å². The van der Waals surface area contributed by atoms with Gasteiger partial charge in [0, 0.05) is 23.9 Å². The summed E-state index contributed by atoms with van der Waals surface area (Å²) in [5, 5.41) is 10.2. The molecule has 3 heterocycles. The third kappa shape index (κ3) is 4.54. The predicted octanol–water partition coefficient (Wildman–Crippen LogP) is 3.75. The van der Waals surface area contributed by atoms with E-state index in [2.05, 4.69) is 20.7 Å². The van der Waals surface area contributed by atoms with Crippen LogP contribution in [0, 0.1) is 20.8 Å². The number of hydrogen-bond acceptors (Lipinski definition) is 5. The SMILES string of the molecule is Cc1cc2nc(C)c(CCC(=O)Nc3ccccc3C(=O)NCc3ccco3)c(C)n2n1. The second kappa shape index (κ2) is 9.05. The third-order valence-electron chi connectivity index (χ3n) is 5.34. The Balaban J connectivity index is 1.43. The first-order chi connectivity index (χ1) is 15.4. The molecule has 0 fully saturated rings. The number of nitrogens with one attached hydrogen (secondary N) is 2. The molecule has 0 aliphatic rings. The number of aryl methyl sites for hydroxylation is 3. The summed E-state index contributed by atoms with van der Waals surface area (Å²) in [5.41, 5.74) is 5.44. The molecule has 0 aliphatic heterocycles. The molecule has 4 aromatic rings. The zero-order valence-corrected chi connectivity index (χ0v) is 18.3. The van der Waals surface area contributed by atoms with Gasteiger partial charge in [0.2, 0.25) is 5.91 Å². The number of aromatic nitrogens is 3. The fourth-order valence-electron chi connectivity index (χ4n) is 3.72. The number of amides is 2. The van der Waals surface area contributed by atoms with Crippen LogP contribution in [0.2, 0.25) is 0 Å². The number of carbonyl (C=O) groups is 2. The number of para-hydroxylation sites is 1. The summed E-state index contributed by atoms with van der Waals surface area (Å²) in [6.45, 7) is 6.13. The number of furan rings is 1. The standard InChI is InChI=1S/C24H25N5O3/c1-15-13-22-26-16(2)19(17(3)29(22)28-15)10-11-23(30)27-21-9-5-4-8-20(21)24(31)25-14-18-7-6-12-32-18/h4-9,12-13H,10-11,14H2,1-3H3,(H,25,31)(H,27,30).